The highest BCUT2D eigenvalue weighted by Crippen LogP contribution is 2.39. The molecule has 0 aliphatic heterocycles. The second-order valence-electron chi connectivity index (χ2n) is 9.64. The van der Waals surface area contributed by atoms with Crippen molar-refractivity contribution in [2.45, 2.75) is 85.7 Å². The summed E-state index contributed by atoms with van der Waals surface area (Å²) in [4.78, 5) is 6.27. The average Bonchev–Trinajstić information content (AvgIpc) is 3.68. The number of nitrogens with zero attached hydrogens (tertiary/aromatic N) is 1. The van der Waals surface area contributed by atoms with E-state index in [2.05, 4.69) is 78.1 Å². The SMILES string of the molecule is C=CC(O)C(Cc1cc(Br)c(C)c(CNC(=C2CC2)c2nc(-c3ccccc3)sc2C)c1)OC(C)C.CC. The molecule has 3 aromatic rings. The van der Waals surface area contributed by atoms with Crippen LogP contribution in [0.5, 0.6) is 0 Å². The quantitative estimate of drug-likeness (QED) is 0.218. The first-order chi connectivity index (χ1) is 18.3. The van der Waals surface area contributed by atoms with E-state index in [0.29, 0.717) is 13.0 Å². The van der Waals surface area contributed by atoms with Gasteiger partial charge in [-0.25, -0.2) is 4.98 Å². The van der Waals surface area contributed by atoms with Gasteiger partial charge in [0.25, 0.3) is 0 Å². The molecule has 0 saturated heterocycles. The number of nitrogens with one attached hydrogen (secondary N) is 1. The van der Waals surface area contributed by atoms with Crippen molar-refractivity contribution in [2.24, 2.45) is 0 Å². The largest absolute Gasteiger partial charge is 0.386 e. The minimum Gasteiger partial charge on any atom is -0.386 e. The van der Waals surface area contributed by atoms with Crippen LogP contribution in [0.15, 0.2) is 65.2 Å². The van der Waals surface area contributed by atoms with Crippen LogP contribution in [0, 0.1) is 13.8 Å². The molecule has 1 fully saturated rings. The zero-order valence-electron chi connectivity index (χ0n) is 23.5. The van der Waals surface area contributed by atoms with E-state index in [0.717, 1.165) is 39.1 Å². The summed E-state index contributed by atoms with van der Waals surface area (Å²) in [7, 11) is 0. The summed E-state index contributed by atoms with van der Waals surface area (Å²) in [5.74, 6) is 0. The summed E-state index contributed by atoms with van der Waals surface area (Å²) < 4.78 is 7.06. The molecule has 1 aromatic heterocycles. The number of hydrogen-bond donors (Lipinski definition) is 2. The highest BCUT2D eigenvalue weighted by Gasteiger charge is 2.24. The van der Waals surface area contributed by atoms with E-state index >= 15 is 0 Å². The number of aliphatic hydroxyl groups is 1. The van der Waals surface area contributed by atoms with Gasteiger partial charge in [-0.2, -0.15) is 0 Å². The Morgan fingerprint density at radius 1 is 1.18 bits per heavy atom. The molecular formula is C32H41BrN2O2S. The monoisotopic (exact) mass is 596 g/mol. The Balaban J connectivity index is 0.00000195. The molecule has 204 valence electrons. The summed E-state index contributed by atoms with van der Waals surface area (Å²) in [6, 6.07) is 14.7. The normalized spacial score (nSPS) is 14.0. The van der Waals surface area contributed by atoms with Gasteiger partial charge in [-0.1, -0.05) is 72.3 Å². The second-order valence-corrected chi connectivity index (χ2v) is 11.7. The highest BCUT2D eigenvalue weighted by atomic mass is 79.9. The van der Waals surface area contributed by atoms with Crippen LogP contribution in [-0.2, 0) is 17.7 Å². The standard InChI is InChI=1S/C30H35BrN2O2S.C2H6/c1-6-26(34)27(35-18(2)3)16-21-14-24(19(4)25(31)15-21)17-32-29(22-12-13-22)28-20(5)36-30(33-28)23-10-8-7-9-11-23;1-2/h6-11,14-15,18,26-27,32,34H,1,12-13,16-17H2,2-5H3;1-2H3. The van der Waals surface area contributed by atoms with Gasteiger partial charge in [0.05, 0.1) is 24.0 Å². The van der Waals surface area contributed by atoms with E-state index in [1.54, 1.807) is 17.4 Å². The summed E-state index contributed by atoms with van der Waals surface area (Å²) >= 11 is 5.50. The van der Waals surface area contributed by atoms with Crippen molar-refractivity contribution < 1.29 is 9.84 Å². The topological polar surface area (TPSA) is 54.4 Å². The lowest BCUT2D eigenvalue weighted by molar-refractivity contribution is -0.0474. The maximum Gasteiger partial charge on any atom is 0.124 e. The summed E-state index contributed by atoms with van der Waals surface area (Å²) in [5, 5.41) is 15.2. The van der Waals surface area contributed by atoms with Gasteiger partial charge in [0, 0.05) is 27.9 Å². The lowest BCUT2D eigenvalue weighted by atomic mass is 9.98. The molecule has 2 unspecified atom stereocenters. The molecule has 1 saturated carbocycles. The Hall–Kier alpha value is -2.25. The molecule has 0 radical (unpaired) electrons. The number of aryl methyl sites for hydroxylation is 1. The van der Waals surface area contributed by atoms with Gasteiger partial charge in [0.15, 0.2) is 0 Å². The van der Waals surface area contributed by atoms with Gasteiger partial charge in [0.1, 0.15) is 10.7 Å². The Kier molecular flexibility index (Phi) is 11.3. The number of aromatic nitrogens is 1. The molecular weight excluding hydrogens is 556 g/mol. The van der Waals surface area contributed by atoms with E-state index in [1.165, 1.54) is 27.3 Å². The lowest BCUT2D eigenvalue weighted by Gasteiger charge is -2.24. The fraction of sp³-hybridized carbons (Fsp3) is 0.406. The molecule has 6 heteroatoms. The molecule has 1 heterocycles. The number of benzene rings is 2. The van der Waals surface area contributed by atoms with E-state index in [1.807, 2.05) is 33.8 Å². The van der Waals surface area contributed by atoms with Crippen LogP contribution in [-0.4, -0.2) is 28.4 Å². The number of hydrogen-bond acceptors (Lipinski definition) is 5. The predicted octanol–water partition coefficient (Wildman–Crippen LogP) is 8.39. The maximum absolute atomic E-state index is 10.4. The molecule has 2 atom stereocenters. The molecule has 4 nitrogen and oxygen atoms in total. The fourth-order valence-electron chi connectivity index (χ4n) is 4.29. The van der Waals surface area contributed by atoms with Crippen LogP contribution in [0.2, 0.25) is 0 Å². The minimum absolute atomic E-state index is 0.0227. The average molecular weight is 598 g/mol. The van der Waals surface area contributed by atoms with Crippen LogP contribution in [0.25, 0.3) is 16.3 Å². The Bertz CT molecular complexity index is 1240. The van der Waals surface area contributed by atoms with Crippen LogP contribution < -0.4 is 5.32 Å². The molecule has 4 rings (SSSR count). The molecule has 0 spiro atoms. The fourth-order valence-corrected chi connectivity index (χ4v) is 5.76. The van der Waals surface area contributed by atoms with Gasteiger partial charge in [-0.3, -0.25) is 0 Å². The van der Waals surface area contributed by atoms with Gasteiger partial charge in [0.2, 0.25) is 0 Å². The first-order valence-electron chi connectivity index (χ1n) is 13.5. The first kappa shape index (κ1) is 30.3. The molecule has 1 aliphatic carbocycles. The van der Waals surface area contributed by atoms with E-state index in [-0.39, 0.29) is 12.2 Å². The summed E-state index contributed by atoms with van der Waals surface area (Å²) in [6.07, 6.45) is 3.37. The third-order valence-electron chi connectivity index (χ3n) is 6.38. The lowest BCUT2D eigenvalue weighted by Crippen LogP contribution is -2.32. The Morgan fingerprint density at radius 3 is 2.47 bits per heavy atom. The third-order valence-corrected chi connectivity index (χ3v) is 8.22. The first-order valence-corrected chi connectivity index (χ1v) is 15.1. The van der Waals surface area contributed by atoms with Crippen molar-refractivity contribution in [2.75, 3.05) is 0 Å². The number of aliphatic hydroxyl groups excluding tert-OH is 1. The van der Waals surface area contributed by atoms with Crippen molar-refractivity contribution in [3.63, 3.8) is 0 Å². The van der Waals surface area contributed by atoms with Crippen LogP contribution in [0.1, 0.15) is 67.8 Å². The molecule has 1 aliphatic rings. The van der Waals surface area contributed by atoms with Crippen molar-refractivity contribution >= 4 is 33.0 Å². The van der Waals surface area contributed by atoms with Crippen LogP contribution in [0.4, 0.5) is 0 Å². The number of halogens is 1. The van der Waals surface area contributed by atoms with Crippen molar-refractivity contribution in [1.82, 2.24) is 10.3 Å². The second kappa shape index (κ2) is 14.2. The zero-order valence-corrected chi connectivity index (χ0v) is 25.9. The smallest absolute Gasteiger partial charge is 0.124 e. The molecule has 38 heavy (non-hydrogen) atoms. The Labute approximate surface area is 241 Å². The summed E-state index contributed by atoms with van der Waals surface area (Å²) in [6.45, 7) is 16.7. The van der Waals surface area contributed by atoms with E-state index < -0.39 is 6.10 Å². The highest BCUT2D eigenvalue weighted by molar-refractivity contribution is 9.10. The molecule has 2 N–H and O–H groups in total. The third kappa shape index (κ3) is 7.89. The van der Waals surface area contributed by atoms with Crippen LogP contribution in [0.3, 0.4) is 0 Å². The minimum atomic E-state index is -0.716. The molecule has 0 bridgehead atoms. The number of rotatable bonds is 11. The zero-order chi connectivity index (χ0) is 27.8. The number of allylic oxidation sites excluding steroid dienone is 1. The predicted molar refractivity (Wildman–Crippen MR) is 165 cm³/mol. The molecule has 0 amide bonds. The van der Waals surface area contributed by atoms with Crippen molar-refractivity contribution in [3.05, 3.63) is 92.4 Å². The summed E-state index contributed by atoms with van der Waals surface area (Å²) in [5.41, 5.74) is 8.38. The van der Waals surface area contributed by atoms with Crippen molar-refractivity contribution in [3.8, 4) is 10.6 Å². The van der Waals surface area contributed by atoms with Gasteiger partial charge in [-0.15, -0.1) is 17.9 Å². The van der Waals surface area contributed by atoms with E-state index in [9.17, 15) is 5.11 Å². The van der Waals surface area contributed by atoms with Crippen LogP contribution >= 0.6 is 27.3 Å². The number of ether oxygens (including phenoxy) is 1. The Morgan fingerprint density at radius 2 is 1.87 bits per heavy atom. The van der Waals surface area contributed by atoms with Gasteiger partial charge < -0.3 is 15.2 Å². The maximum atomic E-state index is 10.4. The van der Waals surface area contributed by atoms with Gasteiger partial charge >= 0.3 is 0 Å². The van der Waals surface area contributed by atoms with Gasteiger partial charge in [-0.05, 0) is 68.9 Å². The van der Waals surface area contributed by atoms with Crippen molar-refractivity contribution in [1.29, 1.82) is 0 Å². The number of thiazole rings is 1. The molecule has 2 aromatic carbocycles. The van der Waals surface area contributed by atoms with E-state index in [4.69, 9.17) is 9.72 Å².